The van der Waals surface area contributed by atoms with E-state index in [9.17, 15) is 27.6 Å². The van der Waals surface area contributed by atoms with Gasteiger partial charge >= 0.3 is 12.2 Å². The number of urea groups is 1. The average Bonchev–Trinajstić information content (AvgIpc) is 3.32. The first kappa shape index (κ1) is 22.1. The molecule has 3 amide bonds. The maximum atomic E-state index is 13.0. The maximum absolute atomic E-state index is 13.0. The zero-order valence-corrected chi connectivity index (χ0v) is 17.9. The van der Waals surface area contributed by atoms with Crippen LogP contribution in [0.4, 0.5) is 18.0 Å². The molecule has 1 aliphatic carbocycles. The van der Waals surface area contributed by atoms with Gasteiger partial charge in [-0.3, -0.25) is 19.1 Å². The van der Waals surface area contributed by atoms with Crippen molar-refractivity contribution in [2.24, 2.45) is 5.92 Å². The molecule has 3 heterocycles. The molecule has 0 atom stereocenters. The molecule has 1 saturated heterocycles. The average molecular weight is 452 g/mol. The van der Waals surface area contributed by atoms with E-state index < -0.39 is 41.9 Å². The predicted octanol–water partition coefficient (Wildman–Crippen LogP) is 3.62. The van der Waals surface area contributed by atoms with Crippen molar-refractivity contribution in [3.05, 3.63) is 34.8 Å². The number of nitrogens with one attached hydrogen (secondary N) is 1. The summed E-state index contributed by atoms with van der Waals surface area (Å²) in [6.45, 7) is 4.76. The van der Waals surface area contributed by atoms with E-state index in [1.807, 2.05) is 0 Å². The van der Waals surface area contributed by atoms with Gasteiger partial charge in [0.25, 0.3) is 5.91 Å². The number of hydrogen-bond acceptors (Lipinski definition) is 5. The Morgan fingerprint density at radius 1 is 1.22 bits per heavy atom. The number of rotatable bonds is 4. The quantitative estimate of drug-likeness (QED) is 0.565. The Morgan fingerprint density at radius 3 is 2.44 bits per heavy atom. The maximum Gasteiger partial charge on any atom is 0.391 e. The Kier molecular flexibility index (Phi) is 5.17. The molecule has 32 heavy (non-hydrogen) atoms. The van der Waals surface area contributed by atoms with E-state index in [4.69, 9.17) is 4.52 Å². The van der Waals surface area contributed by atoms with E-state index in [-0.39, 0.29) is 25.7 Å². The van der Waals surface area contributed by atoms with Crippen molar-refractivity contribution < 1.29 is 32.1 Å². The van der Waals surface area contributed by atoms with Gasteiger partial charge in [0.05, 0.1) is 12.5 Å². The molecule has 4 rings (SSSR count). The predicted molar refractivity (Wildman–Crippen MR) is 105 cm³/mol. The molecule has 11 heteroatoms. The largest absolute Gasteiger partial charge is 0.391 e. The molecule has 2 aromatic rings. The van der Waals surface area contributed by atoms with Crippen molar-refractivity contribution in [2.75, 3.05) is 6.54 Å². The van der Waals surface area contributed by atoms with Crippen LogP contribution in [0.15, 0.2) is 16.7 Å². The summed E-state index contributed by atoms with van der Waals surface area (Å²) < 4.78 is 45.8. The van der Waals surface area contributed by atoms with Crippen LogP contribution >= 0.6 is 0 Å². The summed E-state index contributed by atoms with van der Waals surface area (Å²) in [6, 6.07) is 2.60. The van der Waals surface area contributed by atoms with E-state index in [0.29, 0.717) is 22.8 Å². The van der Waals surface area contributed by atoms with Gasteiger partial charge in [0.2, 0.25) is 0 Å². The van der Waals surface area contributed by atoms with Gasteiger partial charge in [-0.15, -0.1) is 0 Å². The van der Waals surface area contributed by atoms with Gasteiger partial charge < -0.3 is 9.84 Å². The molecule has 172 valence electrons. The molecule has 1 spiro atoms. The van der Waals surface area contributed by atoms with Crippen LogP contribution in [-0.4, -0.2) is 50.6 Å². The number of ketones is 1. The number of amides is 3. The topological polar surface area (TPSA) is 97.4 Å². The first-order valence-electron chi connectivity index (χ1n) is 10.3. The van der Waals surface area contributed by atoms with Gasteiger partial charge in [0.1, 0.15) is 11.3 Å². The number of hydrogen-bond donors (Lipinski definition) is 1. The first-order valence-corrected chi connectivity index (χ1v) is 10.3. The SMILES string of the molecule is Cc1cc(-n2c(C)cc(C(=O)CN3C(=O)NC4(CCC(C(F)(F)F)CC4)C3=O)c2C)no1. The molecule has 0 bridgehead atoms. The summed E-state index contributed by atoms with van der Waals surface area (Å²) in [5.74, 6) is -1.47. The molecular weight excluding hydrogens is 429 g/mol. The molecule has 8 nitrogen and oxygen atoms in total. The van der Waals surface area contributed by atoms with E-state index in [0.717, 1.165) is 10.6 Å². The van der Waals surface area contributed by atoms with E-state index in [1.54, 1.807) is 37.5 Å². The summed E-state index contributed by atoms with van der Waals surface area (Å²) in [7, 11) is 0. The standard InChI is InChI=1S/C21H23F3N4O4/c1-11-8-15(13(3)28(11)17-9-12(2)32-26-17)16(29)10-27-18(30)20(25-19(27)31)6-4-14(5-7-20)21(22,23)24/h8-9,14H,4-7,10H2,1-3H3,(H,25,31). The lowest BCUT2D eigenvalue weighted by molar-refractivity contribution is -0.185. The highest BCUT2D eigenvalue weighted by Crippen LogP contribution is 2.43. The summed E-state index contributed by atoms with van der Waals surface area (Å²) >= 11 is 0. The molecule has 1 saturated carbocycles. The van der Waals surface area contributed by atoms with Crippen LogP contribution in [0.5, 0.6) is 0 Å². The highest BCUT2D eigenvalue weighted by Gasteiger charge is 2.55. The second kappa shape index (κ2) is 7.49. The minimum atomic E-state index is -4.33. The molecule has 2 aromatic heterocycles. The van der Waals surface area contributed by atoms with Gasteiger partial charge in [0, 0.05) is 23.0 Å². The third kappa shape index (κ3) is 3.59. The number of halogens is 3. The second-order valence-corrected chi connectivity index (χ2v) is 8.56. The van der Waals surface area contributed by atoms with E-state index in [2.05, 4.69) is 10.5 Å². The number of carbonyl (C=O) groups excluding carboxylic acids is 3. The Hall–Kier alpha value is -3.11. The zero-order valence-electron chi connectivity index (χ0n) is 17.9. The molecular formula is C21H23F3N4O4. The fourth-order valence-corrected chi connectivity index (χ4v) is 4.68. The van der Waals surface area contributed by atoms with Gasteiger partial charge in [-0.2, -0.15) is 13.2 Å². The van der Waals surface area contributed by atoms with Crippen molar-refractivity contribution in [1.29, 1.82) is 0 Å². The fraction of sp³-hybridized carbons (Fsp3) is 0.524. The Morgan fingerprint density at radius 2 is 1.88 bits per heavy atom. The van der Waals surface area contributed by atoms with Gasteiger partial charge in [-0.25, -0.2) is 4.79 Å². The van der Waals surface area contributed by atoms with Crippen LogP contribution < -0.4 is 5.32 Å². The summed E-state index contributed by atoms with van der Waals surface area (Å²) in [6.07, 6.45) is -5.02. The minimum Gasteiger partial charge on any atom is -0.360 e. The molecule has 0 unspecified atom stereocenters. The van der Waals surface area contributed by atoms with Crippen molar-refractivity contribution in [1.82, 2.24) is 19.9 Å². The van der Waals surface area contributed by atoms with Crippen molar-refractivity contribution >= 4 is 17.7 Å². The van der Waals surface area contributed by atoms with E-state index in [1.165, 1.54) is 0 Å². The van der Waals surface area contributed by atoms with Crippen molar-refractivity contribution in [3.8, 4) is 5.82 Å². The van der Waals surface area contributed by atoms with Gasteiger partial charge in [0.15, 0.2) is 11.6 Å². The van der Waals surface area contributed by atoms with Crippen LogP contribution in [0.1, 0.15) is 53.2 Å². The number of Topliss-reactive ketones (excluding diaryl/α,β-unsaturated/α-hetero) is 1. The number of aryl methyl sites for hydroxylation is 2. The number of alkyl halides is 3. The number of imide groups is 1. The molecule has 2 fully saturated rings. The lowest BCUT2D eigenvalue weighted by Crippen LogP contribution is -2.51. The number of carbonyl (C=O) groups is 3. The zero-order chi connectivity index (χ0) is 23.4. The van der Waals surface area contributed by atoms with Crippen LogP contribution in [0.25, 0.3) is 5.82 Å². The second-order valence-electron chi connectivity index (χ2n) is 8.56. The van der Waals surface area contributed by atoms with Crippen LogP contribution in [0.3, 0.4) is 0 Å². The Bertz CT molecular complexity index is 1090. The molecule has 2 aliphatic rings. The van der Waals surface area contributed by atoms with E-state index >= 15 is 0 Å². The fourth-order valence-electron chi connectivity index (χ4n) is 4.68. The number of nitrogens with zero attached hydrogens (tertiary/aromatic N) is 3. The van der Waals surface area contributed by atoms with Crippen molar-refractivity contribution in [2.45, 2.75) is 58.2 Å². The lowest BCUT2D eigenvalue weighted by atomic mass is 9.76. The summed E-state index contributed by atoms with van der Waals surface area (Å²) in [5.41, 5.74) is 0.255. The summed E-state index contributed by atoms with van der Waals surface area (Å²) in [4.78, 5) is 39.3. The molecule has 1 N–H and O–H groups in total. The summed E-state index contributed by atoms with van der Waals surface area (Å²) in [5, 5.41) is 6.50. The van der Waals surface area contributed by atoms with Crippen LogP contribution in [0.2, 0.25) is 0 Å². The monoisotopic (exact) mass is 452 g/mol. The molecule has 1 aliphatic heterocycles. The highest BCUT2D eigenvalue weighted by molar-refractivity contribution is 6.11. The highest BCUT2D eigenvalue weighted by atomic mass is 19.4. The number of aromatic nitrogens is 2. The normalized spacial score (nSPS) is 23.8. The smallest absolute Gasteiger partial charge is 0.360 e. The Balaban J connectivity index is 1.51. The van der Waals surface area contributed by atoms with Crippen LogP contribution in [0, 0.1) is 26.7 Å². The lowest BCUT2D eigenvalue weighted by Gasteiger charge is -2.35. The molecule has 0 aromatic carbocycles. The van der Waals surface area contributed by atoms with Gasteiger partial charge in [-0.05, 0) is 52.5 Å². The third-order valence-corrected chi connectivity index (χ3v) is 6.43. The van der Waals surface area contributed by atoms with Crippen LogP contribution in [-0.2, 0) is 4.79 Å². The molecule has 0 radical (unpaired) electrons. The Labute approximate surface area is 181 Å². The third-order valence-electron chi connectivity index (χ3n) is 6.43. The minimum absolute atomic E-state index is 0.105. The van der Waals surface area contributed by atoms with Crippen molar-refractivity contribution in [3.63, 3.8) is 0 Å². The first-order chi connectivity index (χ1) is 14.9. The van der Waals surface area contributed by atoms with Gasteiger partial charge in [-0.1, -0.05) is 5.16 Å².